The van der Waals surface area contributed by atoms with Crippen molar-refractivity contribution in [2.75, 3.05) is 0 Å². The summed E-state index contributed by atoms with van der Waals surface area (Å²) in [4.78, 5) is 14.8. The predicted molar refractivity (Wildman–Crippen MR) is 50.7 cm³/mol. The van der Waals surface area contributed by atoms with Gasteiger partial charge in [-0.05, 0) is 18.6 Å². The summed E-state index contributed by atoms with van der Waals surface area (Å²) in [7, 11) is 0. The molecule has 0 aliphatic carbocycles. The van der Waals surface area contributed by atoms with Crippen LogP contribution in [-0.4, -0.2) is 15.2 Å². The second-order valence-corrected chi connectivity index (χ2v) is 3.55. The van der Waals surface area contributed by atoms with Gasteiger partial charge in [-0.25, -0.2) is 5.10 Å². The molecule has 2 heterocycles. The third kappa shape index (κ3) is 1.50. The molecule has 0 radical (unpaired) electrons. The minimum atomic E-state index is -0.153. The summed E-state index contributed by atoms with van der Waals surface area (Å²) in [6.07, 6.45) is 1.69. The summed E-state index contributed by atoms with van der Waals surface area (Å²) in [6.45, 7) is 1.94. The van der Waals surface area contributed by atoms with Crippen LogP contribution in [0.25, 0.3) is 10.7 Å². The zero-order valence-electron chi connectivity index (χ0n) is 6.94. The van der Waals surface area contributed by atoms with Crippen LogP contribution >= 0.6 is 11.3 Å². The number of hydrogen-bond acceptors (Lipinski definition) is 4. The highest BCUT2D eigenvalue weighted by Gasteiger charge is 2.06. The quantitative estimate of drug-likeness (QED) is 0.740. The molecule has 0 unspecified atom stereocenters. The summed E-state index contributed by atoms with van der Waals surface area (Å²) >= 11 is 1.07. The van der Waals surface area contributed by atoms with Gasteiger partial charge in [-0.15, -0.1) is 0 Å². The van der Waals surface area contributed by atoms with E-state index in [2.05, 4.69) is 15.2 Å². The standard InChI is InChI=1S/C8H7N3OS/c1-5-3-2-4-9-6(5)7-10-11-8(12)13-7/h2-4H,1H3,(H,11,12). The number of pyridine rings is 1. The van der Waals surface area contributed by atoms with Gasteiger partial charge in [0, 0.05) is 6.20 Å². The molecule has 66 valence electrons. The van der Waals surface area contributed by atoms with Crippen LogP contribution in [0.5, 0.6) is 0 Å². The number of nitrogens with zero attached hydrogens (tertiary/aromatic N) is 2. The maximum Gasteiger partial charge on any atom is 0.322 e. The van der Waals surface area contributed by atoms with E-state index in [1.807, 2.05) is 19.1 Å². The van der Waals surface area contributed by atoms with Gasteiger partial charge in [-0.2, -0.15) is 5.10 Å². The van der Waals surface area contributed by atoms with Crippen molar-refractivity contribution in [3.8, 4) is 10.7 Å². The summed E-state index contributed by atoms with van der Waals surface area (Å²) in [5.74, 6) is 0. The van der Waals surface area contributed by atoms with Crippen LogP contribution in [0.15, 0.2) is 23.1 Å². The number of aromatic nitrogens is 3. The molecule has 0 saturated carbocycles. The number of rotatable bonds is 1. The summed E-state index contributed by atoms with van der Waals surface area (Å²) in [5.41, 5.74) is 1.79. The van der Waals surface area contributed by atoms with Crippen LogP contribution in [0.3, 0.4) is 0 Å². The van der Waals surface area contributed by atoms with Crippen LogP contribution < -0.4 is 4.87 Å². The molecule has 4 nitrogen and oxygen atoms in total. The molecule has 1 N–H and O–H groups in total. The molecule has 0 amide bonds. The Labute approximate surface area is 78.3 Å². The molecule has 0 aromatic carbocycles. The molecule has 2 aromatic rings. The average Bonchev–Trinajstić information content (AvgIpc) is 2.53. The van der Waals surface area contributed by atoms with Gasteiger partial charge in [-0.3, -0.25) is 9.78 Å². The first-order chi connectivity index (χ1) is 6.27. The van der Waals surface area contributed by atoms with Crippen molar-refractivity contribution in [1.82, 2.24) is 15.2 Å². The normalized spacial score (nSPS) is 10.2. The molecule has 2 rings (SSSR count). The van der Waals surface area contributed by atoms with Crippen molar-refractivity contribution in [3.05, 3.63) is 33.6 Å². The summed E-state index contributed by atoms with van der Waals surface area (Å²) in [6, 6.07) is 3.79. The van der Waals surface area contributed by atoms with Crippen LogP contribution in [-0.2, 0) is 0 Å². The Balaban J connectivity index is 2.58. The lowest BCUT2D eigenvalue weighted by Gasteiger charge is -1.97. The van der Waals surface area contributed by atoms with Crippen LogP contribution in [0.1, 0.15) is 5.56 Å². The number of aromatic amines is 1. The van der Waals surface area contributed by atoms with Gasteiger partial charge < -0.3 is 0 Å². The Kier molecular flexibility index (Phi) is 1.94. The lowest BCUT2D eigenvalue weighted by molar-refractivity contribution is 1.05. The van der Waals surface area contributed by atoms with Crippen LogP contribution in [0.4, 0.5) is 0 Å². The number of H-pyrrole nitrogens is 1. The SMILES string of the molecule is Cc1cccnc1-c1n[nH]c(=O)s1. The van der Waals surface area contributed by atoms with Crippen LogP contribution in [0, 0.1) is 6.92 Å². The molecular formula is C8H7N3OS. The molecule has 0 saturated heterocycles. The molecule has 0 bridgehead atoms. The van der Waals surface area contributed by atoms with Gasteiger partial charge in [0.15, 0.2) is 5.01 Å². The molecular weight excluding hydrogens is 186 g/mol. The molecule has 0 fully saturated rings. The van der Waals surface area contributed by atoms with Gasteiger partial charge in [0.25, 0.3) is 0 Å². The minimum Gasteiger partial charge on any atom is -0.255 e. The molecule has 0 spiro atoms. The first-order valence-electron chi connectivity index (χ1n) is 3.75. The van der Waals surface area contributed by atoms with Gasteiger partial charge in [0.05, 0.1) is 0 Å². The summed E-state index contributed by atoms with van der Waals surface area (Å²) < 4.78 is 0. The van der Waals surface area contributed by atoms with Crippen molar-refractivity contribution in [2.24, 2.45) is 0 Å². The van der Waals surface area contributed by atoms with Crippen molar-refractivity contribution >= 4 is 11.3 Å². The van der Waals surface area contributed by atoms with Gasteiger partial charge in [0.2, 0.25) is 0 Å². The molecule has 0 aliphatic heterocycles. The van der Waals surface area contributed by atoms with E-state index in [4.69, 9.17) is 0 Å². The first-order valence-corrected chi connectivity index (χ1v) is 4.56. The molecule has 2 aromatic heterocycles. The van der Waals surface area contributed by atoms with E-state index in [9.17, 15) is 4.79 Å². The zero-order chi connectivity index (χ0) is 9.26. The predicted octanol–water partition coefficient (Wildman–Crippen LogP) is 1.20. The van der Waals surface area contributed by atoms with Crippen molar-refractivity contribution in [3.63, 3.8) is 0 Å². The van der Waals surface area contributed by atoms with Crippen molar-refractivity contribution in [1.29, 1.82) is 0 Å². The first kappa shape index (κ1) is 8.12. The molecule has 0 atom stereocenters. The fourth-order valence-corrected chi connectivity index (χ4v) is 1.71. The minimum absolute atomic E-state index is 0.153. The zero-order valence-corrected chi connectivity index (χ0v) is 7.76. The lowest BCUT2D eigenvalue weighted by atomic mass is 10.2. The molecule has 13 heavy (non-hydrogen) atoms. The fourth-order valence-electron chi connectivity index (χ4n) is 1.04. The van der Waals surface area contributed by atoms with E-state index in [1.54, 1.807) is 6.20 Å². The Bertz CT molecular complexity index is 474. The van der Waals surface area contributed by atoms with E-state index < -0.39 is 0 Å². The Morgan fingerprint density at radius 3 is 3.00 bits per heavy atom. The highest BCUT2D eigenvalue weighted by molar-refractivity contribution is 7.12. The van der Waals surface area contributed by atoms with E-state index in [0.29, 0.717) is 5.01 Å². The second-order valence-electron chi connectivity index (χ2n) is 2.59. The van der Waals surface area contributed by atoms with E-state index in [-0.39, 0.29) is 4.87 Å². The number of aryl methyl sites for hydroxylation is 1. The Hall–Kier alpha value is -1.49. The van der Waals surface area contributed by atoms with Crippen LogP contribution in [0.2, 0.25) is 0 Å². The Morgan fingerprint density at radius 2 is 2.38 bits per heavy atom. The smallest absolute Gasteiger partial charge is 0.255 e. The van der Waals surface area contributed by atoms with Gasteiger partial charge >= 0.3 is 4.87 Å². The monoisotopic (exact) mass is 193 g/mol. The number of nitrogens with one attached hydrogen (secondary N) is 1. The lowest BCUT2D eigenvalue weighted by Crippen LogP contribution is -1.90. The maximum absolute atomic E-state index is 10.8. The van der Waals surface area contributed by atoms with Gasteiger partial charge in [-0.1, -0.05) is 17.4 Å². The fraction of sp³-hybridized carbons (Fsp3) is 0.125. The highest BCUT2D eigenvalue weighted by Crippen LogP contribution is 2.18. The average molecular weight is 193 g/mol. The topological polar surface area (TPSA) is 58.6 Å². The van der Waals surface area contributed by atoms with Gasteiger partial charge in [0.1, 0.15) is 5.69 Å². The van der Waals surface area contributed by atoms with E-state index in [1.165, 1.54) is 0 Å². The second kappa shape index (κ2) is 3.10. The van der Waals surface area contributed by atoms with Crippen molar-refractivity contribution < 1.29 is 0 Å². The molecule has 5 heteroatoms. The summed E-state index contributed by atoms with van der Waals surface area (Å²) in [5, 5.41) is 6.87. The van der Waals surface area contributed by atoms with Crippen molar-refractivity contribution in [2.45, 2.75) is 6.92 Å². The van der Waals surface area contributed by atoms with E-state index >= 15 is 0 Å². The number of hydrogen-bond donors (Lipinski definition) is 1. The third-order valence-electron chi connectivity index (χ3n) is 1.65. The largest absolute Gasteiger partial charge is 0.322 e. The molecule has 0 aliphatic rings. The maximum atomic E-state index is 10.8. The third-order valence-corrected chi connectivity index (χ3v) is 2.40. The Morgan fingerprint density at radius 1 is 1.54 bits per heavy atom. The van der Waals surface area contributed by atoms with E-state index in [0.717, 1.165) is 22.6 Å². The highest BCUT2D eigenvalue weighted by atomic mass is 32.1.